The number of rotatable bonds is 0. The lowest BCUT2D eigenvalue weighted by atomic mass is 10.1. The number of alkyl halides is 3. The van der Waals surface area contributed by atoms with Crippen LogP contribution in [-0.4, -0.2) is 4.98 Å². The van der Waals surface area contributed by atoms with Gasteiger partial charge in [0, 0.05) is 11.1 Å². The van der Waals surface area contributed by atoms with Gasteiger partial charge in [-0.15, -0.1) is 0 Å². The van der Waals surface area contributed by atoms with Crippen LogP contribution in [0.1, 0.15) is 11.1 Å². The number of aromatic amines is 1. The third-order valence-corrected chi connectivity index (χ3v) is 2.36. The van der Waals surface area contributed by atoms with Crippen molar-refractivity contribution in [2.24, 2.45) is 0 Å². The summed E-state index contributed by atoms with van der Waals surface area (Å²) in [5.41, 5.74) is -0.200. The molecule has 0 saturated carbocycles. The predicted molar refractivity (Wildman–Crippen MR) is 54.3 cm³/mol. The molecule has 0 bridgehead atoms. The molecule has 0 radical (unpaired) electrons. The molecule has 0 spiro atoms. The summed E-state index contributed by atoms with van der Waals surface area (Å²) in [6.07, 6.45) is -4.36. The molecule has 16 heavy (non-hydrogen) atoms. The van der Waals surface area contributed by atoms with E-state index in [1.165, 1.54) is 12.1 Å². The van der Waals surface area contributed by atoms with Crippen LogP contribution in [0.5, 0.6) is 0 Å². The highest BCUT2D eigenvalue weighted by Crippen LogP contribution is 2.30. The van der Waals surface area contributed by atoms with E-state index in [0.717, 1.165) is 12.1 Å². The van der Waals surface area contributed by atoms with Crippen molar-refractivity contribution < 1.29 is 13.2 Å². The van der Waals surface area contributed by atoms with E-state index in [2.05, 4.69) is 4.98 Å². The number of benzene rings is 1. The van der Waals surface area contributed by atoms with Crippen molar-refractivity contribution in [2.45, 2.75) is 13.1 Å². The van der Waals surface area contributed by atoms with Crippen LogP contribution in [0.15, 0.2) is 29.1 Å². The van der Waals surface area contributed by atoms with E-state index < -0.39 is 11.7 Å². The summed E-state index contributed by atoms with van der Waals surface area (Å²) in [5, 5.41) is 0.381. The summed E-state index contributed by atoms with van der Waals surface area (Å²) in [7, 11) is 0. The molecule has 1 aromatic heterocycles. The van der Waals surface area contributed by atoms with Gasteiger partial charge in [-0.05, 0) is 36.6 Å². The Morgan fingerprint density at radius 3 is 2.50 bits per heavy atom. The fourth-order valence-corrected chi connectivity index (χ4v) is 1.49. The summed E-state index contributed by atoms with van der Waals surface area (Å²) < 4.78 is 37.3. The molecule has 0 atom stereocenters. The van der Waals surface area contributed by atoms with E-state index >= 15 is 0 Å². The van der Waals surface area contributed by atoms with Crippen molar-refractivity contribution in [1.82, 2.24) is 4.98 Å². The van der Waals surface area contributed by atoms with Crippen molar-refractivity contribution in [3.8, 4) is 0 Å². The third kappa shape index (κ3) is 1.80. The molecule has 84 valence electrons. The highest BCUT2D eigenvalue weighted by molar-refractivity contribution is 5.79. The van der Waals surface area contributed by atoms with Crippen LogP contribution in [0.4, 0.5) is 13.2 Å². The number of hydrogen-bond acceptors (Lipinski definition) is 1. The molecule has 0 saturated heterocycles. The van der Waals surface area contributed by atoms with Crippen LogP contribution < -0.4 is 5.56 Å². The SMILES string of the molecule is Cc1cc2cc(C(F)(F)F)ccc2[nH]c1=O. The standard InChI is InChI=1S/C11H8F3NO/c1-6-4-7-5-8(11(12,13)14)2-3-9(7)15-10(6)16/h2-5H,1H3,(H,15,16). The Kier molecular flexibility index (Phi) is 2.26. The highest BCUT2D eigenvalue weighted by Gasteiger charge is 2.30. The normalized spacial score (nSPS) is 12.0. The van der Waals surface area contributed by atoms with E-state index in [1.54, 1.807) is 6.92 Å². The second-order valence-electron chi connectivity index (χ2n) is 3.58. The molecule has 0 aliphatic carbocycles. The van der Waals surface area contributed by atoms with Crippen LogP contribution >= 0.6 is 0 Å². The minimum Gasteiger partial charge on any atom is -0.322 e. The first-order valence-corrected chi connectivity index (χ1v) is 4.59. The average molecular weight is 227 g/mol. The van der Waals surface area contributed by atoms with Gasteiger partial charge < -0.3 is 4.98 Å². The second-order valence-corrected chi connectivity index (χ2v) is 3.58. The van der Waals surface area contributed by atoms with E-state index in [1.807, 2.05) is 0 Å². The number of pyridine rings is 1. The van der Waals surface area contributed by atoms with Crippen LogP contribution in [0.3, 0.4) is 0 Å². The molecule has 0 unspecified atom stereocenters. The topological polar surface area (TPSA) is 32.9 Å². The number of hydrogen-bond donors (Lipinski definition) is 1. The van der Waals surface area contributed by atoms with Gasteiger partial charge in [0.25, 0.3) is 5.56 Å². The van der Waals surface area contributed by atoms with Crippen molar-refractivity contribution in [1.29, 1.82) is 0 Å². The van der Waals surface area contributed by atoms with Gasteiger partial charge in [-0.2, -0.15) is 13.2 Å². The number of nitrogens with one attached hydrogen (secondary N) is 1. The van der Waals surface area contributed by atoms with Crippen molar-refractivity contribution >= 4 is 10.9 Å². The molecular formula is C11H8F3NO. The first kappa shape index (κ1) is 10.7. The highest BCUT2D eigenvalue weighted by atomic mass is 19.4. The zero-order valence-electron chi connectivity index (χ0n) is 8.35. The van der Waals surface area contributed by atoms with Crippen LogP contribution in [0.2, 0.25) is 0 Å². The summed E-state index contributed by atoms with van der Waals surface area (Å²) >= 11 is 0. The first-order valence-electron chi connectivity index (χ1n) is 4.59. The van der Waals surface area contributed by atoms with Gasteiger partial charge in [-0.1, -0.05) is 0 Å². The number of aryl methyl sites for hydroxylation is 1. The lowest BCUT2D eigenvalue weighted by Gasteiger charge is -2.07. The largest absolute Gasteiger partial charge is 0.416 e. The number of H-pyrrole nitrogens is 1. The smallest absolute Gasteiger partial charge is 0.322 e. The van der Waals surface area contributed by atoms with Crippen molar-refractivity contribution in [3.63, 3.8) is 0 Å². The summed E-state index contributed by atoms with van der Waals surface area (Å²) in [5.74, 6) is 0. The fraction of sp³-hybridized carbons (Fsp3) is 0.182. The van der Waals surface area contributed by atoms with E-state index in [0.29, 0.717) is 16.5 Å². The monoisotopic (exact) mass is 227 g/mol. The van der Waals surface area contributed by atoms with Gasteiger partial charge in [0.05, 0.1) is 5.56 Å². The summed E-state index contributed by atoms with van der Waals surface area (Å²) in [6.45, 7) is 1.55. The first-order chi connectivity index (χ1) is 7.38. The Morgan fingerprint density at radius 1 is 1.19 bits per heavy atom. The fourth-order valence-electron chi connectivity index (χ4n) is 1.49. The Labute approximate surface area is 88.7 Å². The number of halogens is 3. The van der Waals surface area contributed by atoms with Gasteiger partial charge in [0.15, 0.2) is 0 Å². The quantitative estimate of drug-likeness (QED) is 0.737. The predicted octanol–water partition coefficient (Wildman–Crippen LogP) is 2.86. The molecule has 2 nitrogen and oxygen atoms in total. The maximum Gasteiger partial charge on any atom is 0.416 e. The molecule has 1 N–H and O–H groups in total. The third-order valence-electron chi connectivity index (χ3n) is 2.36. The Balaban J connectivity index is 2.72. The lowest BCUT2D eigenvalue weighted by Crippen LogP contribution is -2.09. The summed E-state index contributed by atoms with van der Waals surface area (Å²) in [4.78, 5) is 13.8. The van der Waals surface area contributed by atoms with Gasteiger partial charge in [0.2, 0.25) is 0 Å². The molecule has 0 fully saturated rings. The minimum atomic E-state index is -4.36. The number of aromatic nitrogens is 1. The molecule has 2 rings (SSSR count). The van der Waals surface area contributed by atoms with E-state index in [-0.39, 0.29) is 5.56 Å². The van der Waals surface area contributed by atoms with Crippen LogP contribution in [0.25, 0.3) is 10.9 Å². The minimum absolute atomic E-state index is 0.285. The second kappa shape index (κ2) is 3.37. The zero-order chi connectivity index (χ0) is 11.9. The van der Waals surface area contributed by atoms with Crippen LogP contribution in [0, 0.1) is 6.92 Å². The molecular weight excluding hydrogens is 219 g/mol. The van der Waals surface area contributed by atoms with Gasteiger partial charge >= 0.3 is 6.18 Å². The molecule has 1 aromatic carbocycles. The number of fused-ring (bicyclic) bond motifs is 1. The van der Waals surface area contributed by atoms with E-state index in [4.69, 9.17) is 0 Å². The molecule has 0 aliphatic heterocycles. The zero-order valence-corrected chi connectivity index (χ0v) is 8.35. The maximum absolute atomic E-state index is 12.4. The van der Waals surface area contributed by atoms with Crippen LogP contribution in [-0.2, 0) is 6.18 Å². The lowest BCUT2D eigenvalue weighted by molar-refractivity contribution is -0.137. The Bertz CT molecular complexity index is 598. The molecule has 0 aliphatic rings. The van der Waals surface area contributed by atoms with E-state index in [9.17, 15) is 18.0 Å². The van der Waals surface area contributed by atoms with Gasteiger partial charge in [-0.25, -0.2) is 0 Å². The average Bonchev–Trinajstić information content (AvgIpc) is 2.17. The molecule has 2 aromatic rings. The van der Waals surface area contributed by atoms with Crippen molar-refractivity contribution in [3.05, 3.63) is 45.7 Å². The Morgan fingerprint density at radius 2 is 1.88 bits per heavy atom. The summed E-state index contributed by atoms with van der Waals surface area (Å²) in [6, 6.07) is 4.69. The molecule has 5 heteroatoms. The van der Waals surface area contributed by atoms with Crippen molar-refractivity contribution in [2.75, 3.05) is 0 Å². The maximum atomic E-state index is 12.4. The molecule has 1 heterocycles. The molecule has 0 amide bonds. The van der Waals surface area contributed by atoms with Gasteiger partial charge in [0.1, 0.15) is 0 Å². The Hall–Kier alpha value is -1.78. The van der Waals surface area contributed by atoms with Gasteiger partial charge in [-0.3, -0.25) is 4.79 Å².